The van der Waals surface area contributed by atoms with E-state index in [1.165, 1.54) is 23.5 Å². The van der Waals surface area contributed by atoms with Crippen molar-refractivity contribution < 1.29 is 4.39 Å². The highest BCUT2D eigenvalue weighted by Gasteiger charge is 2.11. The molecule has 0 saturated heterocycles. The lowest BCUT2D eigenvalue weighted by Gasteiger charge is -1.88. The van der Waals surface area contributed by atoms with Crippen LogP contribution in [0.5, 0.6) is 0 Å². The van der Waals surface area contributed by atoms with Gasteiger partial charge in [0.2, 0.25) is 0 Å². The normalized spacial score (nSPS) is 11.0. The highest BCUT2D eigenvalue weighted by atomic mass is 32.1. The van der Waals surface area contributed by atoms with Crippen molar-refractivity contribution in [2.24, 2.45) is 0 Å². The molecule has 4 rings (SSSR count). The van der Waals surface area contributed by atoms with E-state index >= 15 is 0 Å². The van der Waals surface area contributed by atoms with Crippen molar-refractivity contribution >= 4 is 32.5 Å². The number of H-pyrrole nitrogens is 1. The van der Waals surface area contributed by atoms with Crippen LogP contribution < -0.4 is 0 Å². The molecule has 5 heteroatoms. The Bertz CT molecular complexity index is 1020. The van der Waals surface area contributed by atoms with Gasteiger partial charge in [-0.15, -0.1) is 11.3 Å². The van der Waals surface area contributed by atoms with E-state index in [1.807, 2.05) is 18.2 Å². The smallest absolute Gasteiger partial charge is 0.148 e. The second kappa shape index (κ2) is 4.40. The zero-order valence-corrected chi connectivity index (χ0v) is 11.5. The van der Waals surface area contributed by atoms with Gasteiger partial charge in [-0.25, -0.2) is 9.37 Å². The van der Waals surface area contributed by atoms with Crippen LogP contribution in [-0.2, 0) is 0 Å². The summed E-state index contributed by atoms with van der Waals surface area (Å²) in [5.74, 6) is 0.460. The summed E-state index contributed by atoms with van der Waals surface area (Å²) in [6, 6.07) is 14.3. The minimum Gasteiger partial charge on any atom is -0.337 e. The Morgan fingerprint density at radius 1 is 1.19 bits per heavy atom. The van der Waals surface area contributed by atoms with E-state index in [0.29, 0.717) is 16.9 Å². The van der Waals surface area contributed by atoms with Crippen LogP contribution in [0.4, 0.5) is 4.39 Å². The fraction of sp³-hybridized carbons (Fsp3) is 0. The maximum Gasteiger partial charge on any atom is 0.148 e. The van der Waals surface area contributed by atoms with Crippen LogP contribution in [0.1, 0.15) is 5.56 Å². The second-order valence-corrected chi connectivity index (χ2v) is 5.78. The standard InChI is InChI=1S/C16H8FN3S/c17-11-5-4-9-6-14(21-13(9)7-11)16-19-12-3-1-2-10(8-18)15(12)20-16/h1-7H,(H,19,20). The summed E-state index contributed by atoms with van der Waals surface area (Å²) >= 11 is 1.48. The SMILES string of the molecule is N#Cc1cccc2[nH]c(-c3cc4ccc(F)cc4s3)nc12. The summed E-state index contributed by atoms with van der Waals surface area (Å²) in [5.41, 5.74) is 2.04. The third kappa shape index (κ3) is 1.89. The van der Waals surface area contributed by atoms with Crippen molar-refractivity contribution in [3.8, 4) is 16.8 Å². The van der Waals surface area contributed by atoms with Gasteiger partial charge in [-0.2, -0.15) is 5.26 Å². The van der Waals surface area contributed by atoms with Gasteiger partial charge in [-0.05, 0) is 35.7 Å². The molecule has 0 unspecified atom stereocenters. The van der Waals surface area contributed by atoms with Crippen molar-refractivity contribution in [2.45, 2.75) is 0 Å². The average Bonchev–Trinajstić information content (AvgIpc) is 3.09. The molecule has 4 aromatic rings. The lowest BCUT2D eigenvalue weighted by molar-refractivity contribution is 0.630. The number of nitrogens with zero attached hydrogens (tertiary/aromatic N) is 2. The molecule has 1 N–H and O–H groups in total. The molecule has 2 aromatic heterocycles. The number of rotatable bonds is 1. The monoisotopic (exact) mass is 293 g/mol. The predicted molar refractivity (Wildman–Crippen MR) is 81.6 cm³/mol. The van der Waals surface area contributed by atoms with Crippen molar-refractivity contribution in [1.29, 1.82) is 5.26 Å². The molecule has 0 bridgehead atoms. The number of nitriles is 1. The zero-order chi connectivity index (χ0) is 14.4. The largest absolute Gasteiger partial charge is 0.337 e. The van der Waals surface area contributed by atoms with Gasteiger partial charge in [-0.1, -0.05) is 12.1 Å². The Morgan fingerprint density at radius 2 is 2.10 bits per heavy atom. The Hall–Kier alpha value is -2.71. The van der Waals surface area contributed by atoms with Crippen LogP contribution in [0.3, 0.4) is 0 Å². The summed E-state index contributed by atoms with van der Waals surface area (Å²) in [4.78, 5) is 8.65. The van der Waals surface area contributed by atoms with Crippen molar-refractivity contribution in [3.63, 3.8) is 0 Å². The van der Waals surface area contributed by atoms with Crippen molar-refractivity contribution in [2.75, 3.05) is 0 Å². The van der Waals surface area contributed by atoms with Gasteiger partial charge in [0, 0.05) is 4.70 Å². The van der Waals surface area contributed by atoms with E-state index in [9.17, 15) is 4.39 Å². The van der Waals surface area contributed by atoms with Crippen molar-refractivity contribution in [3.05, 3.63) is 53.8 Å². The Kier molecular flexibility index (Phi) is 2.53. The van der Waals surface area contributed by atoms with E-state index in [0.717, 1.165) is 20.5 Å². The maximum absolute atomic E-state index is 13.3. The van der Waals surface area contributed by atoms with Gasteiger partial charge in [0.1, 0.15) is 23.2 Å². The number of para-hydroxylation sites is 1. The number of nitrogens with one attached hydrogen (secondary N) is 1. The first kappa shape index (κ1) is 12.1. The topological polar surface area (TPSA) is 52.5 Å². The second-order valence-electron chi connectivity index (χ2n) is 4.69. The van der Waals surface area contributed by atoms with Gasteiger partial charge < -0.3 is 4.98 Å². The van der Waals surface area contributed by atoms with E-state index in [4.69, 9.17) is 5.26 Å². The lowest BCUT2D eigenvalue weighted by atomic mass is 10.2. The highest BCUT2D eigenvalue weighted by molar-refractivity contribution is 7.22. The highest BCUT2D eigenvalue weighted by Crippen LogP contribution is 2.33. The number of hydrogen-bond acceptors (Lipinski definition) is 3. The van der Waals surface area contributed by atoms with E-state index in [2.05, 4.69) is 16.0 Å². The molecule has 0 saturated carbocycles. The summed E-state index contributed by atoms with van der Waals surface area (Å²) in [5, 5.41) is 10.1. The number of benzene rings is 2. The maximum atomic E-state index is 13.3. The molecule has 0 fully saturated rings. The molecule has 0 spiro atoms. The van der Waals surface area contributed by atoms with Gasteiger partial charge >= 0.3 is 0 Å². The van der Waals surface area contributed by atoms with Gasteiger partial charge in [-0.3, -0.25) is 0 Å². The zero-order valence-electron chi connectivity index (χ0n) is 10.7. The number of hydrogen-bond donors (Lipinski definition) is 1. The Labute approximate surface area is 123 Å². The summed E-state index contributed by atoms with van der Waals surface area (Å²) in [6.07, 6.45) is 0. The average molecular weight is 293 g/mol. The summed E-state index contributed by atoms with van der Waals surface area (Å²) < 4.78 is 14.1. The molecular weight excluding hydrogens is 285 g/mol. The van der Waals surface area contributed by atoms with E-state index in [-0.39, 0.29) is 5.82 Å². The van der Waals surface area contributed by atoms with Crippen LogP contribution in [0.15, 0.2) is 42.5 Å². The van der Waals surface area contributed by atoms with Crippen LogP contribution in [0.2, 0.25) is 0 Å². The molecular formula is C16H8FN3S. The molecule has 0 amide bonds. The third-order valence-corrected chi connectivity index (χ3v) is 4.45. The quantitative estimate of drug-likeness (QED) is 0.563. The number of fused-ring (bicyclic) bond motifs is 2. The Morgan fingerprint density at radius 3 is 2.95 bits per heavy atom. The minimum absolute atomic E-state index is 0.243. The van der Waals surface area contributed by atoms with Gasteiger partial charge in [0.25, 0.3) is 0 Å². The first-order valence-electron chi connectivity index (χ1n) is 6.33. The fourth-order valence-electron chi connectivity index (χ4n) is 2.36. The van der Waals surface area contributed by atoms with Crippen LogP contribution in [-0.4, -0.2) is 9.97 Å². The van der Waals surface area contributed by atoms with E-state index < -0.39 is 0 Å². The number of aromatic nitrogens is 2. The fourth-order valence-corrected chi connectivity index (χ4v) is 3.39. The molecule has 0 aliphatic heterocycles. The van der Waals surface area contributed by atoms with Crippen molar-refractivity contribution in [1.82, 2.24) is 9.97 Å². The first-order chi connectivity index (χ1) is 10.2. The van der Waals surface area contributed by atoms with Crippen LogP contribution >= 0.6 is 11.3 Å². The molecule has 0 atom stereocenters. The minimum atomic E-state index is -0.243. The molecule has 100 valence electrons. The summed E-state index contributed by atoms with van der Waals surface area (Å²) in [7, 11) is 0. The number of thiophene rings is 1. The molecule has 2 aromatic carbocycles. The number of halogens is 1. The molecule has 3 nitrogen and oxygen atoms in total. The van der Waals surface area contributed by atoms with Gasteiger partial charge in [0.15, 0.2) is 0 Å². The number of imidazole rings is 1. The molecule has 2 heterocycles. The van der Waals surface area contributed by atoms with Gasteiger partial charge in [0.05, 0.1) is 16.0 Å². The summed E-state index contributed by atoms with van der Waals surface area (Å²) in [6.45, 7) is 0. The first-order valence-corrected chi connectivity index (χ1v) is 7.14. The number of aromatic amines is 1. The predicted octanol–water partition coefficient (Wildman–Crippen LogP) is 4.46. The van der Waals surface area contributed by atoms with Crippen LogP contribution in [0, 0.1) is 17.1 Å². The van der Waals surface area contributed by atoms with Crippen LogP contribution in [0.25, 0.3) is 31.8 Å². The van der Waals surface area contributed by atoms with E-state index in [1.54, 1.807) is 12.1 Å². The molecule has 21 heavy (non-hydrogen) atoms. The molecule has 0 aliphatic rings. The Balaban J connectivity index is 1.94. The third-order valence-electron chi connectivity index (χ3n) is 3.35. The molecule has 0 aliphatic carbocycles. The lowest BCUT2D eigenvalue weighted by Crippen LogP contribution is -1.76. The molecule has 0 radical (unpaired) electrons.